The van der Waals surface area contributed by atoms with Crippen LogP contribution in [0.3, 0.4) is 0 Å². The molecule has 4 aromatic heterocycles. The summed E-state index contributed by atoms with van der Waals surface area (Å²) in [5, 5.41) is 39.8. The molecule has 0 spiro atoms. The van der Waals surface area contributed by atoms with Crippen molar-refractivity contribution < 1.29 is 77.8 Å². The van der Waals surface area contributed by atoms with E-state index in [2.05, 4.69) is 36.2 Å². The molecule has 0 radical (unpaired) electrons. The van der Waals surface area contributed by atoms with Crippen LogP contribution in [0.4, 0.5) is 34.9 Å². The summed E-state index contributed by atoms with van der Waals surface area (Å²) in [4.78, 5) is 43.3. The molecule has 0 amide bonds. The van der Waals surface area contributed by atoms with Gasteiger partial charge in [-0.1, -0.05) is 81.9 Å². The van der Waals surface area contributed by atoms with Gasteiger partial charge in [-0.3, -0.25) is 9.59 Å². The molecular weight excluding hydrogens is 1050 g/mol. The van der Waals surface area contributed by atoms with Crippen LogP contribution in [0.5, 0.6) is 11.5 Å². The van der Waals surface area contributed by atoms with Crippen molar-refractivity contribution in [1.82, 2.24) is 28.9 Å². The predicted molar refractivity (Wildman–Crippen MR) is 308 cm³/mol. The molecular formula is C58H77N10NaO10S. The topological polar surface area (TPSA) is 298 Å². The number of fused-ring (bicyclic) bond motifs is 2. The Hall–Kier alpha value is -6.49. The van der Waals surface area contributed by atoms with Gasteiger partial charge < -0.3 is 56.5 Å². The Morgan fingerprint density at radius 3 is 1.55 bits per heavy atom. The third-order valence-corrected chi connectivity index (χ3v) is 15.4. The van der Waals surface area contributed by atoms with Crippen LogP contribution in [0.1, 0.15) is 134 Å². The summed E-state index contributed by atoms with van der Waals surface area (Å²) in [7, 11) is -2.88. The molecule has 2 fully saturated rings. The number of rotatable bonds is 26. The Bertz CT molecular complexity index is 3080. The van der Waals surface area contributed by atoms with E-state index < -0.39 is 22.0 Å². The molecule has 7 aromatic rings. The van der Waals surface area contributed by atoms with Crippen LogP contribution < -0.4 is 60.3 Å². The Labute approximate surface area is 491 Å². The molecule has 0 bridgehead atoms. The molecule has 9 rings (SSSR count). The minimum absolute atomic E-state index is 0. The van der Waals surface area contributed by atoms with E-state index in [4.69, 9.17) is 34.8 Å². The zero-order chi connectivity index (χ0) is 55.1. The van der Waals surface area contributed by atoms with E-state index in [0.29, 0.717) is 54.4 Å². The zero-order valence-electron chi connectivity index (χ0n) is 46.3. The van der Waals surface area contributed by atoms with Crippen molar-refractivity contribution in [2.75, 3.05) is 41.6 Å². The van der Waals surface area contributed by atoms with E-state index in [-0.39, 0.29) is 58.8 Å². The first-order chi connectivity index (χ1) is 38.0. The fourth-order valence-electron chi connectivity index (χ4n) is 9.53. The summed E-state index contributed by atoms with van der Waals surface area (Å²) < 4.78 is 40.1. The second-order valence-corrected chi connectivity index (χ2v) is 21.6. The van der Waals surface area contributed by atoms with E-state index in [0.717, 1.165) is 123 Å². The van der Waals surface area contributed by atoms with Gasteiger partial charge in [0, 0.05) is 55.8 Å². The number of carboxylic acids is 2. The van der Waals surface area contributed by atoms with Gasteiger partial charge in [0.15, 0.2) is 5.65 Å². The molecule has 22 heteroatoms. The molecule has 20 nitrogen and oxygen atoms in total. The molecule has 0 atom stereocenters. The molecule has 0 unspecified atom stereocenters. The number of hydrogen-bond acceptors (Lipinski definition) is 16. The number of aromatic nitrogens is 6. The van der Waals surface area contributed by atoms with Crippen LogP contribution in [0, 0.1) is 6.92 Å². The molecule has 2 aliphatic rings. The summed E-state index contributed by atoms with van der Waals surface area (Å²) in [6.07, 6.45) is 22.6. The molecule has 4 heterocycles. The van der Waals surface area contributed by atoms with Crippen LogP contribution in [-0.2, 0) is 19.6 Å². The Kier molecular flexibility index (Phi) is 26.8. The maximum absolute atomic E-state index is 13.6. The van der Waals surface area contributed by atoms with E-state index in [1.165, 1.54) is 42.5 Å². The number of aliphatic hydroxyl groups excluding tert-OH is 1. The first-order valence-corrected chi connectivity index (χ1v) is 28.9. The Morgan fingerprint density at radius 1 is 0.600 bits per heavy atom. The number of unbranched alkanes of at least 4 members (excludes halogenated alkanes) is 6. The molecule has 0 aliphatic heterocycles. The first-order valence-electron chi connectivity index (χ1n) is 27.4. The SMILES string of the molecule is CO.Cc1ccc(S(=O)(=O)n2ccc3c(NC4CCCCC4)nc(Nc4ccc(OCCCCCCC(=O)O)cc4)nc32)cc1.O=C(O)CCCCCCOc1ccc(Nc2nc(NC3CCCCC3)c3cc[nH]c3n2)cc1.[Na+].[OH-]. The maximum atomic E-state index is 13.6. The van der Waals surface area contributed by atoms with E-state index >= 15 is 0 Å². The van der Waals surface area contributed by atoms with Crippen LogP contribution >= 0.6 is 0 Å². The number of ether oxygens (including phenoxy) is 2. The number of nitrogens with one attached hydrogen (secondary N) is 5. The predicted octanol–water partition coefficient (Wildman–Crippen LogP) is 9.17. The van der Waals surface area contributed by atoms with Crippen LogP contribution in [-0.4, -0.2) is 102 Å². The van der Waals surface area contributed by atoms with Crippen molar-refractivity contribution in [2.45, 2.75) is 152 Å². The second-order valence-electron chi connectivity index (χ2n) is 19.8. The smallest absolute Gasteiger partial charge is 0.870 e. The Balaban J connectivity index is 0.000000287. The summed E-state index contributed by atoms with van der Waals surface area (Å²) >= 11 is 0. The summed E-state index contributed by atoms with van der Waals surface area (Å²) in [5.74, 6) is 2.39. The van der Waals surface area contributed by atoms with Gasteiger partial charge in [-0.25, -0.2) is 12.4 Å². The van der Waals surface area contributed by atoms with Gasteiger partial charge in [-0.15, -0.1) is 0 Å². The molecule has 0 saturated heterocycles. The molecule has 80 heavy (non-hydrogen) atoms. The average Bonchev–Trinajstić information content (AvgIpc) is 4.15. The van der Waals surface area contributed by atoms with Gasteiger partial charge in [-0.2, -0.15) is 19.9 Å². The molecule has 2 saturated carbocycles. The number of aryl methyl sites for hydroxylation is 1. The average molecular weight is 1130 g/mol. The summed E-state index contributed by atoms with van der Waals surface area (Å²) in [6, 6.07) is 26.5. The van der Waals surface area contributed by atoms with Crippen molar-refractivity contribution in [3.8, 4) is 11.5 Å². The molecule has 9 N–H and O–H groups in total. The second kappa shape index (κ2) is 33.3. The molecule has 3 aromatic carbocycles. The number of aromatic amines is 1. The van der Waals surface area contributed by atoms with Crippen molar-refractivity contribution in [1.29, 1.82) is 0 Å². The van der Waals surface area contributed by atoms with Crippen molar-refractivity contribution in [2.24, 2.45) is 0 Å². The monoisotopic (exact) mass is 1130 g/mol. The fraction of sp³-hybridized carbons (Fsp3) is 0.448. The van der Waals surface area contributed by atoms with E-state index in [1.54, 1.807) is 36.5 Å². The Morgan fingerprint density at radius 2 is 1.06 bits per heavy atom. The van der Waals surface area contributed by atoms with Crippen LogP contribution in [0.25, 0.3) is 22.1 Å². The quantitative estimate of drug-likeness (QED) is 0.0185. The molecule has 426 valence electrons. The van der Waals surface area contributed by atoms with Crippen molar-refractivity contribution in [3.63, 3.8) is 0 Å². The number of anilines is 6. The van der Waals surface area contributed by atoms with Gasteiger partial charge in [0.05, 0.1) is 28.9 Å². The van der Waals surface area contributed by atoms with Gasteiger partial charge in [0.25, 0.3) is 10.0 Å². The molecule has 2 aliphatic carbocycles. The number of carboxylic acid groups (broad SMARTS) is 2. The number of hydrogen-bond donors (Lipinski definition) is 8. The number of H-pyrrole nitrogens is 1. The number of nitrogens with zero attached hydrogens (tertiary/aromatic N) is 5. The standard InChI is InChI=1S/C32H39N5O5S.C25H33N5O3.CH4O.Na.H2O/c1-23-12-18-27(19-13-23)43(40,41)37-21-20-28-30(33-24-9-5-4-6-10-24)35-32(36-31(28)37)34-25-14-16-26(17-15-25)42-22-8-3-2-7-11-29(38)39;31-22(32)10-6-1-2-7-17-33-20-13-11-19(12-14-20)28-25-29-23-21(15-16-26-23)24(30-25)27-18-8-4-3-5-9-18;1-2;;/h12-21,24H,2-11,22H2,1H3,(H,38,39)(H2,33,34,35,36);11-16,18H,1-10,17H2,(H,31,32)(H3,26,27,28,29,30);2H,1H3;;1H2/q;;;+1;/p-1. The normalized spacial score (nSPS) is 13.5. The largest absolute Gasteiger partial charge is 1.00 e. The number of benzene rings is 3. The van der Waals surface area contributed by atoms with Crippen LogP contribution in [0.15, 0.2) is 102 Å². The number of aliphatic carboxylic acids is 2. The maximum Gasteiger partial charge on any atom is 1.00 e. The minimum atomic E-state index is -3.88. The van der Waals surface area contributed by atoms with Gasteiger partial charge in [0.1, 0.15) is 28.8 Å². The number of carbonyl (C=O) groups is 2. The van der Waals surface area contributed by atoms with E-state index in [1.807, 2.05) is 67.7 Å². The first kappa shape index (κ1) is 64.3. The van der Waals surface area contributed by atoms with Crippen LogP contribution in [0.2, 0.25) is 0 Å². The van der Waals surface area contributed by atoms with E-state index in [9.17, 15) is 18.0 Å². The number of aliphatic hydroxyl groups is 1. The third kappa shape index (κ3) is 19.6. The zero-order valence-corrected chi connectivity index (χ0v) is 49.1. The van der Waals surface area contributed by atoms with Crippen molar-refractivity contribution in [3.05, 3.63) is 103 Å². The van der Waals surface area contributed by atoms with Gasteiger partial charge in [-0.05, 0) is 131 Å². The fourth-order valence-corrected chi connectivity index (χ4v) is 10.8. The minimum Gasteiger partial charge on any atom is -0.870 e. The van der Waals surface area contributed by atoms with Crippen molar-refractivity contribution >= 4 is 78.9 Å². The van der Waals surface area contributed by atoms with Gasteiger partial charge in [0.2, 0.25) is 11.9 Å². The summed E-state index contributed by atoms with van der Waals surface area (Å²) in [5.41, 5.74) is 3.73. The summed E-state index contributed by atoms with van der Waals surface area (Å²) in [6.45, 7) is 3.10. The van der Waals surface area contributed by atoms with Gasteiger partial charge >= 0.3 is 41.5 Å². The third-order valence-electron chi connectivity index (χ3n) is 13.7.